The second-order valence-corrected chi connectivity index (χ2v) is 2.90. The predicted molar refractivity (Wildman–Crippen MR) is 48.3 cm³/mol. The fraction of sp³-hybridized carbons (Fsp3) is 0.0909. The molecule has 0 heterocycles. The van der Waals surface area contributed by atoms with E-state index >= 15 is 0 Å². The number of benzene rings is 2. The van der Waals surface area contributed by atoms with Gasteiger partial charge < -0.3 is 0 Å². The predicted octanol–water partition coefficient (Wildman–Crippen LogP) is 2.91. The molecule has 0 bridgehead atoms. The topological polar surface area (TPSA) is 19.9 Å². The molecule has 13 heavy (non-hydrogen) atoms. The normalized spacial score (nSPS) is 10.6. The van der Waals surface area contributed by atoms with Gasteiger partial charge in [-0.1, -0.05) is 30.3 Å². The average Bonchev–Trinajstić information content (AvgIpc) is 2.19. The van der Waals surface area contributed by atoms with Crippen LogP contribution < -0.4 is 0 Å². The Balaban J connectivity index is 2.84. The van der Waals surface area contributed by atoms with Gasteiger partial charge in [0.05, 0.1) is 0 Å². The molecule has 0 unspecified atom stereocenters. The Morgan fingerprint density at radius 1 is 1.00 bits per heavy atom. The number of fused-ring (bicyclic) bond motifs is 1. The first-order valence-corrected chi connectivity index (χ1v) is 4.07. The molecule has 0 fully saturated rings. The second-order valence-electron chi connectivity index (χ2n) is 2.90. The molecule has 0 saturated heterocycles. The molecule has 2 aromatic rings. The summed E-state index contributed by atoms with van der Waals surface area (Å²) in [7, 11) is 0. The summed E-state index contributed by atoms with van der Waals surface area (Å²) in [6.07, 6.45) is 0. The lowest BCUT2D eigenvalue weighted by atomic mass is 10.0. The van der Waals surface area contributed by atoms with Crippen LogP contribution in [0.3, 0.4) is 0 Å². The maximum atomic E-state index is 13.2. The maximum Gasteiger partial charge on any atom is 0.131 e. The van der Waals surface area contributed by atoms with E-state index in [4.69, 9.17) is 0 Å². The fourth-order valence-electron chi connectivity index (χ4n) is 1.45. The molecular weight excluding hydrogens is 167 g/mol. The standard InChI is InChI=1S/C11H8FO/c12-11-6-5-8(7-13)9-3-1-2-4-10(9)11/h1-6H,7H2. The average molecular weight is 175 g/mol. The summed E-state index contributed by atoms with van der Waals surface area (Å²) >= 11 is 0. The molecule has 0 aliphatic carbocycles. The van der Waals surface area contributed by atoms with Gasteiger partial charge >= 0.3 is 0 Å². The van der Waals surface area contributed by atoms with Crippen molar-refractivity contribution in [3.63, 3.8) is 0 Å². The van der Waals surface area contributed by atoms with Gasteiger partial charge in [-0.05, 0) is 17.0 Å². The van der Waals surface area contributed by atoms with Crippen molar-refractivity contribution in [3.8, 4) is 0 Å². The third-order valence-electron chi connectivity index (χ3n) is 2.12. The molecule has 2 rings (SSSR count). The molecule has 0 N–H and O–H groups in total. The molecule has 0 saturated carbocycles. The molecule has 0 atom stereocenters. The number of hydrogen-bond acceptors (Lipinski definition) is 0. The number of rotatable bonds is 1. The van der Waals surface area contributed by atoms with Gasteiger partial charge in [0.1, 0.15) is 12.4 Å². The van der Waals surface area contributed by atoms with Crippen LogP contribution in [0.1, 0.15) is 5.56 Å². The Labute approximate surface area is 75.4 Å². The third kappa shape index (κ3) is 1.29. The zero-order chi connectivity index (χ0) is 9.26. The van der Waals surface area contributed by atoms with E-state index in [0.29, 0.717) is 10.9 Å². The molecule has 1 nitrogen and oxygen atoms in total. The van der Waals surface area contributed by atoms with Gasteiger partial charge in [-0.15, -0.1) is 0 Å². The monoisotopic (exact) mass is 175 g/mol. The SMILES string of the molecule is [O]Cc1ccc(F)c2ccccc12. The molecule has 0 amide bonds. The highest BCUT2D eigenvalue weighted by molar-refractivity contribution is 5.86. The molecule has 2 aromatic carbocycles. The lowest BCUT2D eigenvalue weighted by molar-refractivity contribution is 0.179. The third-order valence-corrected chi connectivity index (χ3v) is 2.12. The molecule has 0 aliphatic rings. The number of hydrogen-bond donors (Lipinski definition) is 0. The summed E-state index contributed by atoms with van der Waals surface area (Å²) in [6, 6.07) is 9.91. The highest BCUT2D eigenvalue weighted by Gasteiger charge is 2.03. The summed E-state index contributed by atoms with van der Waals surface area (Å²) in [6.45, 7) is -0.305. The minimum atomic E-state index is -0.305. The Morgan fingerprint density at radius 3 is 2.38 bits per heavy atom. The van der Waals surface area contributed by atoms with Crippen LogP contribution in [0.4, 0.5) is 4.39 Å². The van der Waals surface area contributed by atoms with Crippen LogP contribution in [0.25, 0.3) is 10.8 Å². The Morgan fingerprint density at radius 2 is 1.69 bits per heavy atom. The van der Waals surface area contributed by atoms with Gasteiger partial charge in [0.15, 0.2) is 0 Å². The minimum Gasteiger partial charge on any atom is -0.232 e. The van der Waals surface area contributed by atoms with E-state index in [2.05, 4.69) is 0 Å². The Kier molecular flexibility index (Phi) is 1.99. The first-order chi connectivity index (χ1) is 6.33. The van der Waals surface area contributed by atoms with Gasteiger partial charge in [-0.25, -0.2) is 9.50 Å². The van der Waals surface area contributed by atoms with Crippen LogP contribution in [-0.2, 0) is 11.7 Å². The lowest BCUT2D eigenvalue weighted by Gasteiger charge is -2.02. The Bertz CT molecular complexity index is 437. The quantitative estimate of drug-likeness (QED) is 0.635. The highest BCUT2D eigenvalue weighted by atomic mass is 19.1. The van der Waals surface area contributed by atoms with Gasteiger partial charge in [0.2, 0.25) is 0 Å². The van der Waals surface area contributed by atoms with Crippen molar-refractivity contribution < 1.29 is 9.50 Å². The van der Waals surface area contributed by atoms with Crippen LogP contribution in [0, 0.1) is 5.82 Å². The van der Waals surface area contributed by atoms with Gasteiger partial charge in [-0.2, -0.15) is 0 Å². The van der Waals surface area contributed by atoms with E-state index in [1.54, 1.807) is 30.3 Å². The highest BCUT2D eigenvalue weighted by Crippen LogP contribution is 2.21. The second kappa shape index (κ2) is 3.15. The van der Waals surface area contributed by atoms with Crippen molar-refractivity contribution in [1.82, 2.24) is 0 Å². The van der Waals surface area contributed by atoms with Crippen LogP contribution in [0.5, 0.6) is 0 Å². The fourth-order valence-corrected chi connectivity index (χ4v) is 1.45. The van der Waals surface area contributed by atoms with E-state index < -0.39 is 0 Å². The van der Waals surface area contributed by atoms with Gasteiger partial charge in [0, 0.05) is 5.39 Å². The van der Waals surface area contributed by atoms with E-state index in [9.17, 15) is 9.50 Å². The molecule has 0 aliphatic heterocycles. The summed E-state index contributed by atoms with van der Waals surface area (Å²) in [5.74, 6) is -0.271. The first kappa shape index (κ1) is 8.20. The van der Waals surface area contributed by atoms with Crippen LogP contribution in [0.2, 0.25) is 0 Å². The van der Waals surface area contributed by atoms with E-state index in [0.717, 1.165) is 5.39 Å². The molecular formula is C11H8FO. The molecule has 2 heteroatoms. The van der Waals surface area contributed by atoms with Gasteiger partial charge in [-0.3, -0.25) is 0 Å². The Hall–Kier alpha value is -1.41. The zero-order valence-electron chi connectivity index (χ0n) is 6.96. The molecule has 65 valence electrons. The molecule has 0 spiro atoms. The smallest absolute Gasteiger partial charge is 0.131 e. The van der Waals surface area contributed by atoms with E-state index in [1.807, 2.05) is 0 Å². The largest absolute Gasteiger partial charge is 0.232 e. The van der Waals surface area contributed by atoms with Crippen LogP contribution in [0.15, 0.2) is 36.4 Å². The summed E-state index contributed by atoms with van der Waals surface area (Å²) in [4.78, 5) is 0. The van der Waals surface area contributed by atoms with E-state index in [-0.39, 0.29) is 12.4 Å². The molecule has 0 aromatic heterocycles. The minimum absolute atomic E-state index is 0.271. The van der Waals surface area contributed by atoms with Crippen molar-refractivity contribution in [3.05, 3.63) is 47.8 Å². The van der Waals surface area contributed by atoms with Gasteiger partial charge in [0.25, 0.3) is 0 Å². The first-order valence-electron chi connectivity index (χ1n) is 4.07. The summed E-state index contributed by atoms with van der Waals surface area (Å²) < 4.78 is 13.2. The van der Waals surface area contributed by atoms with Crippen molar-refractivity contribution in [2.45, 2.75) is 6.61 Å². The summed E-state index contributed by atoms with van der Waals surface area (Å²) in [5.41, 5.74) is 0.650. The number of halogens is 1. The van der Waals surface area contributed by atoms with Crippen molar-refractivity contribution in [1.29, 1.82) is 0 Å². The van der Waals surface area contributed by atoms with Crippen molar-refractivity contribution in [2.24, 2.45) is 0 Å². The van der Waals surface area contributed by atoms with Crippen molar-refractivity contribution >= 4 is 10.8 Å². The maximum absolute atomic E-state index is 13.2. The zero-order valence-corrected chi connectivity index (χ0v) is 6.96. The van der Waals surface area contributed by atoms with Crippen LogP contribution in [-0.4, -0.2) is 0 Å². The van der Waals surface area contributed by atoms with Crippen molar-refractivity contribution in [2.75, 3.05) is 0 Å². The van der Waals surface area contributed by atoms with E-state index in [1.165, 1.54) is 6.07 Å². The lowest BCUT2D eigenvalue weighted by Crippen LogP contribution is -1.87. The summed E-state index contributed by atoms with van der Waals surface area (Å²) in [5, 5.41) is 12.0. The van der Waals surface area contributed by atoms with Crippen LogP contribution >= 0.6 is 0 Å². The molecule has 1 radical (unpaired) electrons.